The molecule has 2 aromatic rings. The highest BCUT2D eigenvalue weighted by atomic mass is 19.4. The number of methoxy groups -OCH3 is 1. The van der Waals surface area contributed by atoms with Crippen molar-refractivity contribution in [3.63, 3.8) is 0 Å². The summed E-state index contributed by atoms with van der Waals surface area (Å²) >= 11 is 0. The molecule has 0 radical (unpaired) electrons. The molecule has 1 aliphatic rings. The van der Waals surface area contributed by atoms with E-state index in [0.29, 0.717) is 47.3 Å². The summed E-state index contributed by atoms with van der Waals surface area (Å²) in [6.07, 6.45) is -4.13. The molecular weight excluding hydrogens is 425 g/mol. The molecule has 0 fully saturated rings. The highest BCUT2D eigenvalue weighted by molar-refractivity contribution is 6.03. The van der Waals surface area contributed by atoms with Crippen LogP contribution in [0.1, 0.15) is 12.8 Å². The summed E-state index contributed by atoms with van der Waals surface area (Å²) in [5, 5.41) is 19.2. The maximum Gasteiger partial charge on any atom is 0.433 e. The van der Waals surface area contributed by atoms with Gasteiger partial charge >= 0.3 is 6.18 Å². The number of nitrogens with zero attached hydrogens (tertiary/aromatic N) is 3. The molecule has 172 valence electrons. The van der Waals surface area contributed by atoms with E-state index in [1.54, 1.807) is 30.1 Å². The lowest BCUT2D eigenvalue weighted by Crippen LogP contribution is -2.40. The van der Waals surface area contributed by atoms with Gasteiger partial charge in [-0.25, -0.2) is 9.98 Å². The number of fused-ring (bicyclic) bond motifs is 1. The van der Waals surface area contributed by atoms with E-state index < -0.39 is 11.9 Å². The molecule has 1 aromatic heterocycles. The minimum absolute atomic E-state index is 0.0176. The minimum atomic E-state index is -4.71. The van der Waals surface area contributed by atoms with Crippen molar-refractivity contribution in [3.8, 4) is 5.75 Å². The number of nitrogens with one attached hydrogen (secondary N) is 4. The van der Waals surface area contributed by atoms with Crippen LogP contribution in [0.5, 0.6) is 5.75 Å². The van der Waals surface area contributed by atoms with Crippen molar-refractivity contribution in [2.45, 2.75) is 19.0 Å². The van der Waals surface area contributed by atoms with Crippen molar-refractivity contribution < 1.29 is 17.9 Å². The van der Waals surface area contributed by atoms with Crippen LogP contribution in [-0.4, -0.2) is 66.4 Å². The highest BCUT2D eigenvalue weighted by Gasteiger charge is 2.39. The van der Waals surface area contributed by atoms with E-state index in [1.165, 1.54) is 7.11 Å². The average Bonchev–Trinajstić information content (AvgIpc) is 2.75. The number of ether oxygens (including phenoxy) is 1. The summed E-state index contributed by atoms with van der Waals surface area (Å²) < 4.78 is 44.5. The minimum Gasteiger partial charge on any atom is -0.494 e. The van der Waals surface area contributed by atoms with Gasteiger partial charge in [0.1, 0.15) is 28.3 Å². The third-order valence-corrected chi connectivity index (χ3v) is 5.18. The molecule has 1 aliphatic heterocycles. The van der Waals surface area contributed by atoms with Crippen molar-refractivity contribution in [1.29, 1.82) is 10.8 Å². The highest BCUT2D eigenvalue weighted by Crippen LogP contribution is 2.26. The zero-order chi connectivity index (χ0) is 23.5. The summed E-state index contributed by atoms with van der Waals surface area (Å²) in [5.74, 6) is 0.669. The van der Waals surface area contributed by atoms with Crippen LogP contribution in [0.4, 0.5) is 19.1 Å². The molecule has 3 rings (SSSR count). The van der Waals surface area contributed by atoms with Crippen molar-refractivity contribution in [2.75, 3.05) is 39.5 Å². The first-order chi connectivity index (χ1) is 15.1. The number of para-hydroxylation sites is 1. The van der Waals surface area contributed by atoms with Gasteiger partial charge in [-0.05, 0) is 12.1 Å². The van der Waals surface area contributed by atoms with Gasteiger partial charge in [0.25, 0.3) is 0 Å². The van der Waals surface area contributed by atoms with Crippen LogP contribution in [-0.2, 0) is 0 Å². The van der Waals surface area contributed by atoms with Crippen LogP contribution in [0.2, 0.25) is 0 Å². The van der Waals surface area contributed by atoms with Crippen LogP contribution >= 0.6 is 0 Å². The number of benzene rings is 1. The number of H-pyrrole nitrogens is 1. The standard InChI is InChI=1S/C20H25F3N8O/c1-27-13-6-8-31(10-12(13)17(25)20(21,22)23)9-7-15(24)28-18-11-4-3-5-14(32-2)16(11)29-19(26)30-18/h3-5,25,27H,6-10H2,1-2H3,(H4,24,26,28,29,30). The van der Waals surface area contributed by atoms with E-state index in [4.69, 9.17) is 21.3 Å². The van der Waals surface area contributed by atoms with E-state index in [1.807, 2.05) is 0 Å². The zero-order valence-electron chi connectivity index (χ0n) is 17.7. The summed E-state index contributed by atoms with van der Waals surface area (Å²) in [7, 11) is 3.07. The predicted octanol–water partition coefficient (Wildman–Crippen LogP) is 2.18. The summed E-state index contributed by atoms with van der Waals surface area (Å²) in [4.78, 5) is 13.2. The lowest BCUT2D eigenvalue weighted by Gasteiger charge is -2.31. The molecule has 0 aliphatic carbocycles. The fraction of sp³-hybridized carbons (Fsp3) is 0.400. The van der Waals surface area contributed by atoms with Crippen molar-refractivity contribution in [2.24, 2.45) is 4.99 Å². The average molecular weight is 450 g/mol. The first-order valence-electron chi connectivity index (χ1n) is 9.87. The number of halogens is 3. The smallest absolute Gasteiger partial charge is 0.433 e. The van der Waals surface area contributed by atoms with Gasteiger partial charge in [0.05, 0.1) is 7.11 Å². The quantitative estimate of drug-likeness (QED) is 0.339. The molecule has 12 heteroatoms. The van der Waals surface area contributed by atoms with Crippen LogP contribution in [0, 0.1) is 10.8 Å². The predicted molar refractivity (Wildman–Crippen MR) is 116 cm³/mol. The lowest BCUT2D eigenvalue weighted by molar-refractivity contribution is -0.0593. The largest absolute Gasteiger partial charge is 0.494 e. The third kappa shape index (κ3) is 5.07. The van der Waals surface area contributed by atoms with E-state index in [9.17, 15) is 13.2 Å². The second-order valence-electron chi connectivity index (χ2n) is 7.24. The number of alkyl halides is 3. The van der Waals surface area contributed by atoms with E-state index >= 15 is 0 Å². The Balaban J connectivity index is 1.77. The van der Waals surface area contributed by atoms with E-state index in [-0.39, 0.29) is 30.3 Å². The van der Waals surface area contributed by atoms with Gasteiger partial charge in [0.2, 0.25) is 0 Å². The Labute approximate surface area is 182 Å². The number of amidine groups is 1. The molecule has 0 unspecified atom stereocenters. The molecule has 0 bridgehead atoms. The fourth-order valence-corrected chi connectivity index (χ4v) is 3.56. The number of hydrogen-bond acceptors (Lipinski definition) is 7. The summed E-state index contributed by atoms with van der Waals surface area (Å²) in [5.41, 5.74) is 5.71. The molecule has 1 aromatic carbocycles. The Hall–Kier alpha value is -3.41. The van der Waals surface area contributed by atoms with Crippen LogP contribution < -0.4 is 21.3 Å². The third-order valence-electron chi connectivity index (χ3n) is 5.18. The second-order valence-corrected chi connectivity index (χ2v) is 7.24. The van der Waals surface area contributed by atoms with Crippen LogP contribution in [0.15, 0.2) is 34.5 Å². The van der Waals surface area contributed by atoms with Gasteiger partial charge in [0, 0.05) is 56.2 Å². The SMILES string of the molecule is CNC1=C(C(=N)C(F)(F)F)CN(CCC(=N)/N=c2\[nH]c(N)nc3c(OC)cccc23)CC1. The molecule has 32 heavy (non-hydrogen) atoms. The van der Waals surface area contributed by atoms with E-state index in [0.717, 1.165) is 0 Å². The number of anilines is 1. The number of hydrogen-bond donors (Lipinski definition) is 5. The van der Waals surface area contributed by atoms with Gasteiger partial charge < -0.3 is 20.8 Å². The maximum absolute atomic E-state index is 13.1. The van der Waals surface area contributed by atoms with Gasteiger partial charge in [-0.15, -0.1) is 0 Å². The lowest BCUT2D eigenvalue weighted by atomic mass is 10.0. The van der Waals surface area contributed by atoms with E-state index in [2.05, 4.69) is 20.3 Å². The summed E-state index contributed by atoms with van der Waals surface area (Å²) in [6.45, 7) is 0.832. The molecule has 0 amide bonds. The number of rotatable bonds is 6. The number of nitrogens with two attached hydrogens (primary N) is 1. The van der Waals surface area contributed by atoms with Crippen LogP contribution in [0.3, 0.4) is 0 Å². The summed E-state index contributed by atoms with van der Waals surface area (Å²) in [6, 6.07) is 5.28. The molecule has 0 spiro atoms. The van der Waals surface area contributed by atoms with Crippen molar-refractivity contribution >= 4 is 28.4 Å². The molecular formula is C20H25F3N8O. The maximum atomic E-state index is 13.1. The van der Waals surface area contributed by atoms with Crippen molar-refractivity contribution in [1.82, 2.24) is 20.2 Å². The Kier molecular flexibility index (Phi) is 6.82. The van der Waals surface area contributed by atoms with Gasteiger partial charge in [-0.1, -0.05) is 6.07 Å². The number of aromatic amines is 1. The van der Waals surface area contributed by atoms with Gasteiger partial charge in [-0.2, -0.15) is 13.2 Å². The normalized spacial score (nSPS) is 15.8. The second kappa shape index (κ2) is 9.39. The molecule has 6 N–H and O–H groups in total. The number of aromatic nitrogens is 2. The Morgan fingerprint density at radius 2 is 2.12 bits per heavy atom. The first kappa shape index (κ1) is 23.3. The molecule has 0 saturated carbocycles. The molecule has 2 heterocycles. The monoisotopic (exact) mass is 450 g/mol. The Morgan fingerprint density at radius 1 is 1.38 bits per heavy atom. The Morgan fingerprint density at radius 3 is 2.78 bits per heavy atom. The first-order valence-corrected chi connectivity index (χ1v) is 9.87. The molecule has 0 atom stereocenters. The Bertz CT molecular complexity index is 1140. The van der Waals surface area contributed by atoms with Gasteiger partial charge in [0.15, 0.2) is 5.95 Å². The van der Waals surface area contributed by atoms with Crippen LogP contribution in [0.25, 0.3) is 10.9 Å². The van der Waals surface area contributed by atoms with Gasteiger partial charge in [-0.3, -0.25) is 15.7 Å². The molecule has 0 saturated heterocycles. The van der Waals surface area contributed by atoms with Crippen molar-refractivity contribution in [3.05, 3.63) is 35.0 Å². The molecule has 9 nitrogen and oxygen atoms in total. The number of nitrogen functional groups attached to an aromatic ring is 1. The topological polar surface area (TPSA) is 139 Å². The fourth-order valence-electron chi connectivity index (χ4n) is 3.56. The zero-order valence-corrected chi connectivity index (χ0v) is 17.7.